The van der Waals surface area contributed by atoms with Crippen molar-refractivity contribution in [2.24, 2.45) is 0 Å². The summed E-state index contributed by atoms with van der Waals surface area (Å²) in [6.07, 6.45) is 1.51. The number of imide groups is 1. The molecule has 2 heterocycles. The van der Waals surface area contributed by atoms with Gasteiger partial charge in [-0.25, -0.2) is 0 Å². The quantitative estimate of drug-likeness (QED) is 0.483. The lowest BCUT2D eigenvalue weighted by atomic mass is 10.2. The Morgan fingerprint density at radius 2 is 1.92 bits per heavy atom. The van der Waals surface area contributed by atoms with Crippen LogP contribution in [0.2, 0.25) is 5.02 Å². The summed E-state index contributed by atoms with van der Waals surface area (Å²) in [4.78, 5) is 53.0. The number of para-hydroxylation sites is 1. The second kappa shape index (κ2) is 11.9. The predicted molar refractivity (Wildman–Crippen MR) is 140 cm³/mol. The standard InChI is InChI=1S/C24H21BrClN3O6S/c25-16-5-6-19(35-14-21(30)27-18-4-2-1-3-17(18)26)15(11-16)12-20-23(32)29(24(33)36-20)13-22(31)28-7-9-34-10-8-28/h1-6,11-12H,7-10,13-14H2,(H,27,30)/b20-12-. The first-order valence-electron chi connectivity index (χ1n) is 10.9. The molecule has 0 saturated carbocycles. The van der Waals surface area contributed by atoms with Crippen molar-refractivity contribution in [1.29, 1.82) is 0 Å². The van der Waals surface area contributed by atoms with E-state index < -0.39 is 17.1 Å². The summed E-state index contributed by atoms with van der Waals surface area (Å²) in [7, 11) is 0. The molecule has 2 aromatic rings. The Morgan fingerprint density at radius 1 is 1.17 bits per heavy atom. The molecule has 2 aromatic carbocycles. The Hall–Kier alpha value is -2.86. The number of nitrogens with zero attached hydrogens (tertiary/aromatic N) is 2. The molecule has 2 aliphatic rings. The van der Waals surface area contributed by atoms with E-state index in [2.05, 4.69) is 21.2 Å². The Morgan fingerprint density at radius 3 is 2.67 bits per heavy atom. The highest BCUT2D eigenvalue weighted by Gasteiger charge is 2.37. The Kier molecular flexibility index (Phi) is 8.68. The van der Waals surface area contributed by atoms with Gasteiger partial charge in [0.15, 0.2) is 6.61 Å². The van der Waals surface area contributed by atoms with Gasteiger partial charge in [-0.1, -0.05) is 39.7 Å². The first kappa shape index (κ1) is 26.2. The summed E-state index contributed by atoms with van der Waals surface area (Å²) in [6, 6.07) is 11.9. The average molecular weight is 595 g/mol. The summed E-state index contributed by atoms with van der Waals surface area (Å²) in [5.41, 5.74) is 0.948. The van der Waals surface area contributed by atoms with Crippen LogP contribution in [0.5, 0.6) is 5.75 Å². The van der Waals surface area contributed by atoms with Gasteiger partial charge in [0.2, 0.25) is 5.91 Å². The molecule has 0 bridgehead atoms. The molecule has 4 amide bonds. The smallest absolute Gasteiger partial charge is 0.294 e. The highest BCUT2D eigenvalue weighted by molar-refractivity contribution is 9.10. The third kappa shape index (κ3) is 6.47. The maximum Gasteiger partial charge on any atom is 0.294 e. The molecular formula is C24H21BrClN3O6S. The van der Waals surface area contributed by atoms with Crippen LogP contribution in [0, 0.1) is 0 Å². The number of nitrogens with one attached hydrogen (secondary N) is 1. The molecule has 0 unspecified atom stereocenters. The van der Waals surface area contributed by atoms with Crippen LogP contribution in [0.25, 0.3) is 6.08 Å². The maximum absolute atomic E-state index is 12.9. The number of thioether (sulfide) groups is 1. The van der Waals surface area contributed by atoms with Crippen molar-refractivity contribution >= 4 is 74.0 Å². The summed E-state index contributed by atoms with van der Waals surface area (Å²) >= 11 is 10.2. The monoisotopic (exact) mass is 593 g/mol. The van der Waals surface area contributed by atoms with Gasteiger partial charge in [0.25, 0.3) is 17.1 Å². The minimum atomic E-state index is -0.561. The van der Waals surface area contributed by atoms with Crippen molar-refractivity contribution in [3.05, 3.63) is 62.4 Å². The van der Waals surface area contributed by atoms with E-state index in [0.29, 0.717) is 52.8 Å². The lowest BCUT2D eigenvalue weighted by Gasteiger charge is -2.28. The normalized spacial score (nSPS) is 17.0. The number of carbonyl (C=O) groups is 4. The van der Waals surface area contributed by atoms with Crippen molar-refractivity contribution in [3.63, 3.8) is 0 Å². The molecule has 0 aliphatic carbocycles. The van der Waals surface area contributed by atoms with Gasteiger partial charge in [0, 0.05) is 23.1 Å². The van der Waals surface area contributed by atoms with Crippen molar-refractivity contribution in [2.75, 3.05) is 44.8 Å². The van der Waals surface area contributed by atoms with Crippen molar-refractivity contribution in [1.82, 2.24) is 9.80 Å². The Bertz CT molecular complexity index is 1230. The number of benzene rings is 2. The van der Waals surface area contributed by atoms with Crippen LogP contribution in [-0.2, 0) is 19.1 Å². The topological polar surface area (TPSA) is 105 Å². The van der Waals surface area contributed by atoms with E-state index in [-0.39, 0.29) is 24.0 Å². The molecule has 1 N–H and O–H groups in total. The zero-order valence-corrected chi connectivity index (χ0v) is 22.0. The van der Waals surface area contributed by atoms with Crippen LogP contribution in [0.4, 0.5) is 10.5 Å². The molecule has 0 spiro atoms. The number of amides is 4. The second-order valence-electron chi connectivity index (χ2n) is 7.76. The zero-order chi connectivity index (χ0) is 25.7. The lowest BCUT2D eigenvalue weighted by Crippen LogP contribution is -2.46. The number of morpholine rings is 1. The predicted octanol–water partition coefficient (Wildman–Crippen LogP) is 4.02. The highest BCUT2D eigenvalue weighted by Crippen LogP contribution is 2.35. The van der Waals surface area contributed by atoms with Crippen LogP contribution in [0.15, 0.2) is 51.8 Å². The van der Waals surface area contributed by atoms with E-state index in [1.54, 1.807) is 47.4 Å². The van der Waals surface area contributed by atoms with Gasteiger partial charge < -0.3 is 19.7 Å². The molecule has 2 fully saturated rings. The average Bonchev–Trinajstić information content (AvgIpc) is 3.12. The minimum absolute atomic E-state index is 0.151. The van der Waals surface area contributed by atoms with Crippen molar-refractivity contribution in [2.45, 2.75) is 0 Å². The summed E-state index contributed by atoms with van der Waals surface area (Å²) in [5.74, 6) is -0.950. The van der Waals surface area contributed by atoms with E-state index in [4.69, 9.17) is 21.1 Å². The fraction of sp³-hybridized carbons (Fsp3) is 0.250. The van der Waals surface area contributed by atoms with E-state index in [0.717, 1.165) is 16.7 Å². The van der Waals surface area contributed by atoms with Gasteiger partial charge in [0.05, 0.1) is 28.8 Å². The number of anilines is 1. The number of halogens is 2. The van der Waals surface area contributed by atoms with Crippen molar-refractivity contribution in [3.8, 4) is 5.75 Å². The Labute approximate surface area is 224 Å². The third-order valence-corrected chi connectivity index (χ3v) is 7.03. The fourth-order valence-electron chi connectivity index (χ4n) is 3.48. The van der Waals surface area contributed by atoms with Gasteiger partial charge in [-0.15, -0.1) is 0 Å². The van der Waals surface area contributed by atoms with Crippen LogP contribution in [-0.4, -0.2) is 72.2 Å². The molecule has 36 heavy (non-hydrogen) atoms. The first-order valence-corrected chi connectivity index (χ1v) is 12.9. The largest absolute Gasteiger partial charge is 0.483 e. The molecular weight excluding hydrogens is 574 g/mol. The van der Waals surface area contributed by atoms with Crippen LogP contribution in [0.1, 0.15) is 5.56 Å². The second-order valence-corrected chi connectivity index (χ2v) is 10.1. The van der Waals surface area contributed by atoms with Gasteiger partial charge in [0.1, 0.15) is 12.3 Å². The van der Waals surface area contributed by atoms with Crippen LogP contribution >= 0.6 is 39.3 Å². The van der Waals surface area contributed by atoms with Crippen molar-refractivity contribution < 1.29 is 28.7 Å². The highest BCUT2D eigenvalue weighted by atomic mass is 79.9. The molecule has 0 atom stereocenters. The van der Waals surface area contributed by atoms with E-state index in [1.807, 2.05) is 0 Å². The number of hydrogen-bond acceptors (Lipinski definition) is 7. The number of carbonyl (C=O) groups excluding carboxylic acids is 4. The molecule has 2 aliphatic heterocycles. The third-order valence-electron chi connectivity index (χ3n) is 5.30. The molecule has 4 rings (SSSR count). The summed E-state index contributed by atoms with van der Waals surface area (Å²) in [6.45, 7) is 1.07. The fourth-order valence-corrected chi connectivity index (χ4v) is 4.87. The van der Waals surface area contributed by atoms with Gasteiger partial charge in [-0.3, -0.25) is 24.1 Å². The number of rotatable bonds is 7. The SMILES string of the molecule is O=C(COc1ccc(Br)cc1/C=C1\SC(=O)N(CC(=O)N2CCOCC2)C1=O)Nc1ccccc1Cl. The minimum Gasteiger partial charge on any atom is -0.483 e. The lowest BCUT2D eigenvalue weighted by molar-refractivity contribution is -0.139. The molecule has 12 heteroatoms. The molecule has 2 saturated heterocycles. The summed E-state index contributed by atoms with van der Waals surface area (Å²) < 4.78 is 11.6. The van der Waals surface area contributed by atoms with Crippen LogP contribution in [0.3, 0.4) is 0 Å². The number of hydrogen-bond donors (Lipinski definition) is 1. The first-order chi connectivity index (χ1) is 17.3. The molecule has 0 radical (unpaired) electrons. The number of ether oxygens (including phenoxy) is 2. The molecule has 9 nitrogen and oxygen atoms in total. The van der Waals surface area contributed by atoms with E-state index >= 15 is 0 Å². The van der Waals surface area contributed by atoms with Gasteiger partial charge in [-0.2, -0.15) is 0 Å². The maximum atomic E-state index is 12.9. The van der Waals surface area contributed by atoms with Gasteiger partial charge >= 0.3 is 0 Å². The van der Waals surface area contributed by atoms with E-state index in [1.165, 1.54) is 6.08 Å². The zero-order valence-electron chi connectivity index (χ0n) is 18.9. The molecule has 188 valence electrons. The van der Waals surface area contributed by atoms with E-state index in [9.17, 15) is 19.2 Å². The molecule has 0 aromatic heterocycles. The van der Waals surface area contributed by atoms with Crippen LogP contribution < -0.4 is 10.1 Å². The Balaban J connectivity index is 1.44. The van der Waals surface area contributed by atoms with Gasteiger partial charge in [-0.05, 0) is 48.2 Å². The summed E-state index contributed by atoms with van der Waals surface area (Å²) in [5, 5.41) is 2.55.